The van der Waals surface area contributed by atoms with Crippen molar-refractivity contribution in [2.75, 3.05) is 6.61 Å². The summed E-state index contributed by atoms with van der Waals surface area (Å²) < 4.78 is 10.9. The van der Waals surface area contributed by atoms with Gasteiger partial charge >= 0.3 is 5.97 Å². The molecule has 2 saturated heterocycles. The number of β-lactam (4-membered cyclic amide) rings is 1. The molecule has 0 bridgehead atoms. The molecular weight excluding hydrogens is 574 g/mol. The largest absolute Gasteiger partial charge is 0.449 e. The van der Waals surface area contributed by atoms with E-state index in [1.54, 1.807) is 53.4 Å². The lowest BCUT2D eigenvalue weighted by atomic mass is 9.64. The van der Waals surface area contributed by atoms with Crippen LogP contribution in [0, 0.1) is 23.7 Å². The lowest BCUT2D eigenvalue weighted by Gasteiger charge is -2.56. The molecule has 2 aliphatic heterocycles. The summed E-state index contributed by atoms with van der Waals surface area (Å²) in [4.78, 5) is 43.6. The number of rotatable bonds is 9. The molecule has 7 nitrogen and oxygen atoms in total. The first kappa shape index (κ1) is 29.9. The van der Waals surface area contributed by atoms with Crippen LogP contribution in [0.15, 0.2) is 103 Å². The molecule has 3 aromatic carbocycles. The fourth-order valence-electron chi connectivity index (χ4n) is 6.94. The van der Waals surface area contributed by atoms with Crippen molar-refractivity contribution in [3.05, 3.63) is 119 Å². The van der Waals surface area contributed by atoms with Crippen LogP contribution in [0.5, 0.6) is 0 Å². The van der Waals surface area contributed by atoms with Gasteiger partial charge in [0, 0.05) is 21.4 Å². The third-order valence-corrected chi connectivity index (χ3v) is 10.6. The number of thioether (sulfide) groups is 1. The Balaban J connectivity index is 1.40. The molecule has 2 heterocycles. The summed E-state index contributed by atoms with van der Waals surface area (Å²) in [6.07, 6.45) is 7.16. The predicted octanol–water partition coefficient (Wildman–Crippen LogP) is 5.10. The number of hydrogen-bond acceptors (Lipinski definition) is 7. The van der Waals surface area contributed by atoms with E-state index in [1.165, 1.54) is 11.8 Å². The molecule has 1 aliphatic carbocycles. The number of allylic oxidation sites excluding steroid dienone is 1. The zero-order valence-electron chi connectivity index (χ0n) is 24.5. The minimum atomic E-state index is -1.88. The van der Waals surface area contributed by atoms with Crippen molar-refractivity contribution in [2.45, 2.75) is 48.8 Å². The number of benzene rings is 3. The van der Waals surface area contributed by atoms with Crippen molar-refractivity contribution in [3.8, 4) is 12.3 Å². The van der Waals surface area contributed by atoms with E-state index in [0.717, 1.165) is 5.56 Å². The second-order valence-electron chi connectivity index (χ2n) is 11.9. The molecule has 3 aromatic rings. The number of ether oxygens (including phenoxy) is 2. The van der Waals surface area contributed by atoms with Crippen molar-refractivity contribution in [2.24, 2.45) is 11.3 Å². The van der Waals surface area contributed by atoms with Gasteiger partial charge in [-0.15, -0.1) is 18.2 Å². The number of hydrogen-bond donors (Lipinski definition) is 1. The molecule has 5 atom stereocenters. The van der Waals surface area contributed by atoms with Gasteiger partial charge in [-0.05, 0) is 25.8 Å². The summed E-state index contributed by atoms with van der Waals surface area (Å²) in [6, 6.07) is 26.5. The van der Waals surface area contributed by atoms with E-state index in [9.17, 15) is 19.5 Å². The third kappa shape index (κ3) is 4.67. The highest BCUT2D eigenvalue weighted by molar-refractivity contribution is 8.01. The number of carbonyl (C=O) groups is 3. The minimum absolute atomic E-state index is 0.114. The fourth-order valence-corrected chi connectivity index (χ4v) is 8.79. The van der Waals surface area contributed by atoms with E-state index < -0.39 is 39.3 Å². The van der Waals surface area contributed by atoms with E-state index >= 15 is 0 Å². The van der Waals surface area contributed by atoms with E-state index in [-0.39, 0.29) is 36.9 Å². The van der Waals surface area contributed by atoms with Gasteiger partial charge in [0.1, 0.15) is 6.04 Å². The molecule has 3 aliphatic rings. The second kappa shape index (κ2) is 11.4. The van der Waals surface area contributed by atoms with Crippen LogP contribution < -0.4 is 0 Å². The normalized spacial score (nSPS) is 26.2. The van der Waals surface area contributed by atoms with Gasteiger partial charge < -0.3 is 19.5 Å². The highest BCUT2D eigenvalue weighted by Gasteiger charge is 2.77. The quantitative estimate of drug-likeness (QED) is 0.119. The first-order chi connectivity index (χ1) is 21.1. The van der Waals surface area contributed by atoms with E-state index in [2.05, 4.69) is 5.92 Å². The van der Waals surface area contributed by atoms with Crippen LogP contribution in [0.4, 0.5) is 0 Å². The van der Waals surface area contributed by atoms with E-state index in [4.69, 9.17) is 15.9 Å². The Bertz CT molecular complexity index is 1650. The maximum Gasteiger partial charge on any atom is 0.335 e. The monoisotopic (exact) mass is 607 g/mol. The number of Topliss-reactive ketones (excluding diaryl/α,β-unsaturated/α-hetero) is 1. The van der Waals surface area contributed by atoms with Crippen molar-refractivity contribution < 1.29 is 29.0 Å². The lowest BCUT2D eigenvalue weighted by Crippen LogP contribution is -2.73. The van der Waals surface area contributed by atoms with Gasteiger partial charge in [-0.2, -0.15) is 0 Å². The van der Waals surface area contributed by atoms with Crippen LogP contribution in [0.25, 0.3) is 0 Å². The highest BCUT2D eigenvalue weighted by atomic mass is 32.2. The van der Waals surface area contributed by atoms with Crippen molar-refractivity contribution in [3.63, 3.8) is 0 Å². The van der Waals surface area contributed by atoms with Crippen LogP contribution in [0.3, 0.4) is 0 Å². The number of nitrogens with zero attached hydrogens (tertiary/aromatic N) is 1. The molecule has 8 heteroatoms. The Hall–Kier alpha value is -4.16. The lowest BCUT2D eigenvalue weighted by molar-refractivity contribution is -0.270. The second-order valence-corrected chi connectivity index (χ2v) is 13.6. The molecule has 2 fully saturated rings. The van der Waals surface area contributed by atoms with E-state index in [1.807, 2.05) is 62.4 Å². The summed E-state index contributed by atoms with van der Waals surface area (Å²) in [5.41, 5.74) is 0.695. The fraction of sp³-hybridized carbons (Fsp3) is 0.306. The van der Waals surface area contributed by atoms with Gasteiger partial charge in [-0.1, -0.05) is 103 Å². The SMILES string of the molecule is C#CCOC(=O)C1=CCC2(C(=O)N3[C@@H](C(O)(OCc4ccccc4)c4ccccc4)C(C)(C)S[C@@H]32)C1C(=O)c1ccccc1. The molecule has 0 saturated carbocycles. The van der Waals surface area contributed by atoms with Crippen LogP contribution in [-0.2, 0) is 31.5 Å². The summed E-state index contributed by atoms with van der Waals surface area (Å²) in [5, 5.41) is 12.0. The molecule has 224 valence electrons. The van der Waals surface area contributed by atoms with Gasteiger partial charge in [-0.25, -0.2) is 4.79 Å². The topological polar surface area (TPSA) is 93.1 Å². The van der Waals surface area contributed by atoms with Gasteiger partial charge in [0.15, 0.2) is 12.4 Å². The molecule has 1 spiro atoms. The van der Waals surface area contributed by atoms with Gasteiger partial charge in [-0.3, -0.25) is 9.59 Å². The van der Waals surface area contributed by atoms with Crippen molar-refractivity contribution in [1.82, 2.24) is 4.90 Å². The van der Waals surface area contributed by atoms with Crippen LogP contribution in [0.2, 0.25) is 0 Å². The van der Waals surface area contributed by atoms with Crippen LogP contribution in [0.1, 0.15) is 41.8 Å². The van der Waals surface area contributed by atoms with Gasteiger partial charge in [0.2, 0.25) is 11.7 Å². The molecule has 1 N–H and O–H groups in total. The summed E-state index contributed by atoms with van der Waals surface area (Å²) in [5.74, 6) is -2.00. The first-order valence-corrected chi connectivity index (χ1v) is 15.4. The number of carbonyl (C=O) groups excluding carboxylic acids is 3. The molecule has 1 amide bonds. The first-order valence-electron chi connectivity index (χ1n) is 14.5. The number of fused-ring (bicyclic) bond motifs is 2. The van der Waals surface area contributed by atoms with E-state index in [0.29, 0.717) is 11.1 Å². The molecular formula is C36H33NO6S. The maximum atomic E-state index is 14.6. The number of amides is 1. The molecule has 0 radical (unpaired) electrons. The standard InChI is InChI=1S/C36H33NO6S/c1-4-22-42-30(39)27-20-21-35(28(27)29(38)25-16-10-6-11-17-25)32(40)37-31(34(2,3)44-33(35)37)36(41,26-18-12-7-13-19-26)43-23-24-14-8-5-9-15-24/h1,5-20,28,31,33,41H,21-23H2,2-3H3/t28?,31-,33-,35?,36?/m1/s1. The smallest absolute Gasteiger partial charge is 0.335 e. The van der Waals surface area contributed by atoms with Crippen LogP contribution >= 0.6 is 11.8 Å². The van der Waals surface area contributed by atoms with Gasteiger partial charge in [0.05, 0.1) is 23.3 Å². The number of esters is 1. The maximum absolute atomic E-state index is 14.6. The highest BCUT2D eigenvalue weighted by Crippen LogP contribution is 2.68. The Morgan fingerprint density at radius 1 is 1.02 bits per heavy atom. The summed E-state index contributed by atoms with van der Waals surface area (Å²) in [6.45, 7) is 3.81. The van der Waals surface area contributed by atoms with Gasteiger partial charge in [0.25, 0.3) is 0 Å². The number of terminal acetylenes is 1. The molecule has 3 unspecified atom stereocenters. The average molecular weight is 608 g/mol. The van der Waals surface area contributed by atoms with Crippen molar-refractivity contribution in [1.29, 1.82) is 0 Å². The Labute approximate surface area is 261 Å². The summed E-state index contributed by atoms with van der Waals surface area (Å²) >= 11 is 1.51. The minimum Gasteiger partial charge on any atom is -0.449 e. The zero-order valence-corrected chi connectivity index (χ0v) is 25.3. The molecule has 44 heavy (non-hydrogen) atoms. The summed E-state index contributed by atoms with van der Waals surface area (Å²) in [7, 11) is 0. The zero-order chi connectivity index (χ0) is 31.1. The average Bonchev–Trinajstić information content (AvgIpc) is 3.59. The van der Waals surface area contributed by atoms with Crippen LogP contribution in [-0.4, -0.2) is 50.4 Å². The Kier molecular flexibility index (Phi) is 7.75. The number of aliphatic hydroxyl groups is 1. The number of ketones is 1. The predicted molar refractivity (Wildman–Crippen MR) is 167 cm³/mol. The van der Waals surface area contributed by atoms with Crippen molar-refractivity contribution >= 4 is 29.4 Å². The molecule has 0 aromatic heterocycles. The Morgan fingerprint density at radius 2 is 1.64 bits per heavy atom. The Morgan fingerprint density at radius 3 is 2.27 bits per heavy atom. The third-order valence-electron chi connectivity index (χ3n) is 8.87. The molecule has 6 rings (SSSR count).